The molecule has 0 radical (unpaired) electrons. The average molecular weight is 382 g/mol. The summed E-state index contributed by atoms with van der Waals surface area (Å²) in [6.45, 7) is -2.32. The fourth-order valence-electron chi connectivity index (χ4n) is 0.522. The maximum absolute atomic E-state index is 10.6. The molecule has 0 fully saturated rings. The lowest BCUT2D eigenvalue weighted by Crippen LogP contribution is -2.20. The molecule has 0 aliphatic carbocycles. The predicted molar refractivity (Wildman–Crippen MR) is 55.0 cm³/mol. The fourth-order valence-corrected chi connectivity index (χ4v) is 3.07. The quantitative estimate of drug-likeness (QED) is 0.303. The molecule has 0 saturated carbocycles. The van der Waals surface area contributed by atoms with Crippen LogP contribution in [0.4, 0.5) is 0 Å². The molecule has 0 amide bonds. The van der Waals surface area contributed by atoms with Crippen molar-refractivity contribution in [1.82, 2.24) is 0 Å². The summed E-state index contributed by atoms with van der Waals surface area (Å²) in [5, 5.41) is 0. The van der Waals surface area contributed by atoms with Gasteiger partial charge in [-0.1, -0.05) is 0 Å². The lowest BCUT2D eigenvalue weighted by Gasteiger charge is -2.04. The molecule has 0 atom stereocenters. The van der Waals surface area contributed by atoms with Crippen molar-refractivity contribution in [3.05, 3.63) is 0 Å². The molecule has 0 aromatic rings. The second kappa shape index (κ2) is 6.55. The fraction of sp³-hybridized carbons (Fsp3) is 1.00. The van der Waals surface area contributed by atoms with Gasteiger partial charge in [-0.2, -0.15) is 33.7 Å². The van der Waals surface area contributed by atoms with Gasteiger partial charge in [0.15, 0.2) is 0 Å². The summed E-state index contributed by atoms with van der Waals surface area (Å²) in [5.41, 5.74) is 0. The van der Waals surface area contributed by atoms with Gasteiger partial charge in [0.2, 0.25) is 0 Å². The van der Waals surface area contributed by atoms with Crippen LogP contribution in [0.15, 0.2) is 0 Å². The Morgan fingerprint density at radius 3 is 1.05 bits per heavy atom. The van der Waals surface area contributed by atoms with E-state index in [9.17, 15) is 33.7 Å². The molecule has 0 rings (SSSR count). The van der Waals surface area contributed by atoms with Gasteiger partial charge in [0.05, 0.1) is 13.2 Å². The summed E-state index contributed by atoms with van der Waals surface area (Å²) in [5.74, 6) is 0. The second-order valence-corrected chi connectivity index (χ2v) is 7.36. The first-order chi connectivity index (χ1) is 8.62. The third-order valence-electron chi connectivity index (χ3n) is 0.877. The molecule has 0 aromatic heterocycles. The molecule has 0 aliphatic rings. The Morgan fingerprint density at radius 2 is 0.850 bits per heavy atom. The molecule has 0 aliphatic heterocycles. The first-order valence-corrected chi connectivity index (χ1v) is 9.17. The minimum absolute atomic E-state index is 1.16. The number of rotatable bonds is 9. The van der Waals surface area contributed by atoms with Crippen LogP contribution in [-0.2, 0) is 57.2 Å². The van der Waals surface area contributed by atoms with Crippen LogP contribution in [0.2, 0.25) is 0 Å². The molecule has 0 unspecified atom stereocenters. The van der Waals surface area contributed by atoms with Crippen LogP contribution in [0.5, 0.6) is 0 Å². The van der Waals surface area contributed by atoms with Crippen LogP contribution in [0.25, 0.3) is 0 Å². The Labute approximate surface area is 113 Å². The molecular weight excluding hydrogens is 376 g/mol. The maximum Gasteiger partial charge on any atom is 0.416 e. The summed E-state index contributed by atoms with van der Waals surface area (Å²) < 4.78 is 112. The van der Waals surface area contributed by atoms with Gasteiger partial charge in [-0.25, -0.2) is 8.37 Å². The van der Waals surface area contributed by atoms with Gasteiger partial charge in [-0.15, -0.1) is 7.26 Å². The highest BCUT2D eigenvalue weighted by Crippen LogP contribution is 2.03. The third kappa shape index (κ3) is 11.4. The van der Waals surface area contributed by atoms with E-state index in [4.69, 9.17) is 9.11 Å². The van der Waals surface area contributed by atoms with Gasteiger partial charge in [-0.05, 0) is 0 Å². The zero-order chi connectivity index (χ0) is 16.2. The van der Waals surface area contributed by atoms with Crippen LogP contribution in [0.1, 0.15) is 0 Å². The van der Waals surface area contributed by atoms with E-state index in [1.807, 2.05) is 0 Å². The minimum Gasteiger partial charge on any atom is -0.263 e. The maximum atomic E-state index is 10.6. The highest BCUT2D eigenvalue weighted by atomic mass is 32.3. The predicted octanol–water partition coefficient (Wildman–Crippen LogP) is -2.85. The standard InChI is InChI=1S/C2H6O14S4/c3-17(4,5)15-19(9,10)13-1-2-14-20(11,12)16-18(6,7)8/h1-2H2,(H,3,4,5)(H,6,7,8). The van der Waals surface area contributed by atoms with E-state index < -0.39 is 54.8 Å². The average Bonchev–Trinajstić information content (AvgIpc) is 2.04. The van der Waals surface area contributed by atoms with Gasteiger partial charge in [0.1, 0.15) is 0 Å². The van der Waals surface area contributed by atoms with Crippen molar-refractivity contribution in [2.45, 2.75) is 0 Å². The topological polar surface area (TPSA) is 214 Å². The monoisotopic (exact) mass is 382 g/mol. The van der Waals surface area contributed by atoms with Crippen molar-refractivity contribution in [2.75, 3.05) is 13.2 Å². The minimum atomic E-state index is -5.38. The smallest absolute Gasteiger partial charge is 0.263 e. The van der Waals surface area contributed by atoms with Gasteiger partial charge in [0, 0.05) is 0 Å². The Bertz CT molecular complexity index is 651. The molecular formula is C2H6O14S4. The van der Waals surface area contributed by atoms with Crippen molar-refractivity contribution in [2.24, 2.45) is 0 Å². The van der Waals surface area contributed by atoms with Crippen molar-refractivity contribution in [3.8, 4) is 0 Å². The van der Waals surface area contributed by atoms with Crippen LogP contribution >= 0.6 is 0 Å². The zero-order valence-electron chi connectivity index (χ0n) is 8.84. The molecule has 2 N–H and O–H groups in total. The summed E-state index contributed by atoms with van der Waals surface area (Å²) in [4.78, 5) is 0. The first-order valence-electron chi connectivity index (χ1n) is 3.78. The molecule has 0 heterocycles. The van der Waals surface area contributed by atoms with Crippen LogP contribution in [-0.4, -0.2) is 56.0 Å². The molecule has 0 bridgehead atoms. The molecule has 122 valence electrons. The lowest BCUT2D eigenvalue weighted by molar-refractivity contribution is 0.190. The second-order valence-electron chi connectivity index (χ2n) is 2.45. The largest absolute Gasteiger partial charge is 0.416 e. The summed E-state index contributed by atoms with van der Waals surface area (Å²) >= 11 is 0. The van der Waals surface area contributed by atoms with Crippen LogP contribution in [0.3, 0.4) is 0 Å². The summed E-state index contributed by atoms with van der Waals surface area (Å²) in [7, 11) is -21.2. The van der Waals surface area contributed by atoms with Crippen LogP contribution < -0.4 is 0 Å². The van der Waals surface area contributed by atoms with Gasteiger partial charge < -0.3 is 0 Å². The molecule has 20 heavy (non-hydrogen) atoms. The molecule has 14 nitrogen and oxygen atoms in total. The first kappa shape index (κ1) is 19.6. The Hall–Kier alpha value is -0.440. The van der Waals surface area contributed by atoms with E-state index in [1.165, 1.54) is 0 Å². The van der Waals surface area contributed by atoms with Gasteiger partial charge in [0.25, 0.3) is 0 Å². The third-order valence-corrected chi connectivity index (χ3v) is 4.50. The Kier molecular flexibility index (Phi) is 6.41. The van der Waals surface area contributed by atoms with Gasteiger partial charge >= 0.3 is 41.6 Å². The molecule has 0 spiro atoms. The van der Waals surface area contributed by atoms with E-state index in [0.29, 0.717) is 0 Å². The molecule has 0 aromatic carbocycles. The normalized spacial score (nSPS) is 14.3. The highest BCUT2D eigenvalue weighted by Gasteiger charge is 2.24. The summed E-state index contributed by atoms with van der Waals surface area (Å²) in [6.07, 6.45) is 0. The van der Waals surface area contributed by atoms with E-state index in [-0.39, 0.29) is 0 Å². The SMILES string of the molecule is O=S(=O)(O)OS(=O)(=O)OCCOS(=O)(=O)OS(=O)(=O)O. The molecule has 18 heteroatoms. The summed E-state index contributed by atoms with van der Waals surface area (Å²) in [6, 6.07) is 0. The van der Waals surface area contributed by atoms with E-state index in [0.717, 1.165) is 0 Å². The van der Waals surface area contributed by atoms with Crippen molar-refractivity contribution < 1.29 is 58.4 Å². The van der Waals surface area contributed by atoms with E-state index >= 15 is 0 Å². The zero-order valence-corrected chi connectivity index (χ0v) is 12.1. The number of hydrogen-bond acceptors (Lipinski definition) is 12. The lowest BCUT2D eigenvalue weighted by atomic mass is 10.8. The molecule has 0 saturated heterocycles. The Balaban J connectivity index is 4.35. The van der Waals surface area contributed by atoms with Gasteiger partial charge in [-0.3, -0.25) is 9.11 Å². The number of hydrogen-bond donors (Lipinski definition) is 2. The Morgan fingerprint density at radius 1 is 0.600 bits per heavy atom. The highest BCUT2D eigenvalue weighted by molar-refractivity contribution is 7.95. The van der Waals surface area contributed by atoms with E-state index in [2.05, 4.69) is 15.6 Å². The van der Waals surface area contributed by atoms with Crippen LogP contribution in [0, 0.1) is 0 Å². The van der Waals surface area contributed by atoms with Crippen molar-refractivity contribution in [3.63, 3.8) is 0 Å². The van der Waals surface area contributed by atoms with Crippen molar-refractivity contribution >= 4 is 41.6 Å². The van der Waals surface area contributed by atoms with Crippen molar-refractivity contribution in [1.29, 1.82) is 0 Å². The van der Waals surface area contributed by atoms with E-state index in [1.54, 1.807) is 0 Å².